The van der Waals surface area contributed by atoms with Crippen molar-refractivity contribution in [1.82, 2.24) is 9.88 Å². The second-order valence-electron chi connectivity index (χ2n) is 6.78. The maximum absolute atomic E-state index is 12.7. The Balaban J connectivity index is 1.48. The summed E-state index contributed by atoms with van der Waals surface area (Å²) in [5, 5.41) is 2.81. The highest BCUT2D eigenvalue weighted by atomic mass is 16.5. The normalized spacial score (nSPS) is 13.9. The summed E-state index contributed by atoms with van der Waals surface area (Å²) in [6.45, 7) is 4.24. The highest BCUT2D eigenvalue weighted by Gasteiger charge is 2.21. The van der Waals surface area contributed by atoms with Crippen LogP contribution in [0.4, 0.5) is 5.69 Å². The Morgan fingerprint density at radius 1 is 1.03 bits per heavy atom. The van der Waals surface area contributed by atoms with E-state index in [9.17, 15) is 9.59 Å². The largest absolute Gasteiger partial charge is 0.443 e. The smallest absolute Gasteiger partial charge is 0.278 e. The summed E-state index contributed by atoms with van der Waals surface area (Å²) >= 11 is 0. The van der Waals surface area contributed by atoms with E-state index in [0.29, 0.717) is 43.3 Å². The molecule has 1 fully saturated rings. The molecule has 2 aromatic carbocycles. The molecule has 1 aromatic heterocycles. The van der Waals surface area contributed by atoms with Crippen molar-refractivity contribution in [1.29, 1.82) is 0 Å². The number of nitrogens with one attached hydrogen (secondary N) is 1. The molecule has 148 valence electrons. The molecule has 7 nitrogen and oxygen atoms in total. The maximum atomic E-state index is 12.7. The number of hydrogen-bond acceptors (Lipinski definition) is 5. The van der Waals surface area contributed by atoms with E-state index in [4.69, 9.17) is 9.15 Å². The van der Waals surface area contributed by atoms with Crippen LogP contribution in [0.1, 0.15) is 26.4 Å². The Labute approximate surface area is 168 Å². The number of carbonyl (C=O) groups is 2. The van der Waals surface area contributed by atoms with Crippen molar-refractivity contribution in [3.05, 3.63) is 71.7 Å². The van der Waals surface area contributed by atoms with Crippen LogP contribution in [-0.4, -0.2) is 48.0 Å². The Kier molecular flexibility index (Phi) is 5.39. The number of morpholine rings is 1. The zero-order valence-corrected chi connectivity index (χ0v) is 16.1. The molecule has 29 heavy (non-hydrogen) atoms. The van der Waals surface area contributed by atoms with Gasteiger partial charge in [-0.15, -0.1) is 0 Å². The SMILES string of the molecule is Cc1ccccc1-c1ocnc1C(=O)Nc1ccc(C(=O)N2CCOCC2)cc1. The fourth-order valence-corrected chi connectivity index (χ4v) is 3.26. The number of nitrogens with zero attached hydrogens (tertiary/aromatic N) is 2. The first-order valence-electron chi connectivity index (χ1n) is 9.41. The van der Waals surface area contributed by atoms with Crippen LogP contribution in [-0.2, 0) is 4.74 Å². The van der Waals surface area contributed by atoms with Crippen LogP contribution in [0.5, 0.6) is 0 Å². The van der Waals surface area contributed by atoms with Gasteiger partial charge >= 0.3 is 0 Å². The number of aromatic nitrogens is 1. The van der Waals surface area contributed by atoms with Crippen molar-refractivity contribution in [3.8, 4) is 11.3 Å². The summed E-state index contributed by atoms with van der Waals surface area (Å²) in [5.74, 6) is 0.0218. The van der Waals surface area contributed by atoms with Crippen molar-refractivity contribution in [2.45, 2.75) is 6.92 Å². The number of anilines is 1. The van der Waals surface area contributed by atoms with Gasteiger partial charge in [0.05, 0.1) is 13.2 Å². The standard InChI is InChI=1S/C22H21N3O4/c1-15-4-2-3-5-18(15)20-19(23-14-29-20)21(26)24-17-8-6-16(7-9-17)22(27)25-10-12-28-13-11-25/h2-9,14H,10-13H2,1H3,(H,24,26). The predicted molar refractivity (Wildman–Crippen MR) is 108 cm³/mol. The molecule has 2 heterocycles. The van der Waals surface area contributed by atoms with Crippen molar-refractivity contribution in [2.75, 3.05) is 31.6 Å². The first-order chi connectivity index (χ1) is 14.1. The van der Waals surface area contributed by atoms with Crippen LogP contribution < -0.4 is 5.32 Å². The summed E-state index contributed by atoms with van der Waals surface area (Å²) in [6, 6.07) is 14.5. The minimum absolute atomic E-state index is 0.0375. The lowest BCUT2D eigenvalue weighted by Gasteiger charge is -2.26. The van der Waals surface area contributed by atoms with Crippen LogP contribution in [0.15, 0.2) is 59.3 Å². The Morgan fingerprint density at radius 2 is 1.76 bits per heavy atom. The van der Waals surface area contributed by atoms with E-state index in [2.05, 4.69) is 10.3 Å². The molecule has 3 aromatic rings. The Morgan fingerprint density at radius 3 is 2.48 bits per heavy atom. The zero-order chi connectivity index (χ0) is 20.2. The predicted octanol–water partition coefficient (Wildman–Crippen LogP) is 3.37. The van der Waals surface area contributed by atoms with E-state index in [-0.39, 0.29) is 17.5 Å². The van der Waals surface area contributed by atoms with Gasteiger partial charge in [0.15, 0.2) is 17.8 Å². The molecule has 1 aliphatic rings. The van der Waals surface area contributed by atoms with Crippen molar-refractivity contribution in [3.63, 3.8) is 0 Å². The first kappa shape index (κ1) is 18.9. The Bertz CT molecular complexity index is 1020. The molecule has 1 N–H and O–H groups in total. The van der Waals surface area contributed by atoms with Crippen molar-refractivity contribution >= 4 is 17.5 Å². The molecule has 0 aliphatic carbocycles. The second kappa shape index (κ2) is 8.28. The van der Waals surface area contributed by atoms with Gasteiger partial charge in [0.2, 0.25) is 0 Å². The third kappa shape index (κ3) is 4.05. The molecule has 0 bridgehead atoms. The zero-order valence-electron chi connectivity index (χ0n) is 16.1. The van der Waals surface area contributed by atoms with Gasteiger partial charge in [0.25, 0.3) is 11.8 Å². The number of hydrogen-bond donors (Lipinski definition) is 1. The van der Waals surface area contributed by atoms with Gasteiger partial charge in [-0.2, -0.15) is 0 Å². The van der Waals surface area contributed by atoms with Gasteiger partial charge in [0.1, 0.15) is 0 Å². The van der Waals surface area contributed by atoms with Crippen LogP contribution >= 0.6 is 0 Å². The highest BCUT2D eigenvalue weighted by Crippen LogP contribution is 2.27. The van der Waals surface area contributed by atoms with Crippen LogP contribution in [0.3, 0.4) is 0 Å². The average Bonchev–Trinajstić information content (AvgIpc) is 3.24. The minimum atomic E-state index is -0.371. The van der Waals surface area contributed by atoms with Gasteiger partial charge in [-0.05, 0) is 36.8 Å². The summed E-state index contributed by atoms with van der Waals surface area (Å²) in [6.07, 6.45) is 1.26. The fourth-order valence-electron chi connectivity index (χ4n) is 3.26. The molecule has 0 atom stereocenters. The first-order valence-corrected chi connectivity index (χ1v) is 9.41. The Hall–Kier alpha value is -3.45. The van der Waals surface area contributed by atoms with Crippen molar-refractivity contribution < 1.29 is 18.7 Å². The third-order valence-electron chi connectivity index (χ3n) is 4.86. The van der Waals surface area contributed by atoms with E-state index in [1.54, 1.807) is 29.2 Å². The molecule has 7 heteroatoms. The van der Waals surface area contributed by atoms with Crippen LogP contribution in [0, 0.1) is 6.92 Å². The molecular formula is C22H21N3O4. The lowest BCUT2D eigenvalue weighted by atomic mass is 10.1. The minimum Gasteiger partial charge on any atom is -0.443 e. The molecule has 0 spiro atoms. The van der Waals surface area contributed by atoms with E-state index in [1.165, 1.54) is 6.39 Å². The fraction of sp³-hybridized carbons (Fsp3) is 0.227. The number of aryl methyl sites for hydroxylation is 1. The van der Waals surface area contributed by atoms with Gasteiger partial charge in [-0.1, -0.05) is 24.3 Å². The molecule has 4 rings (SSSR count). The van der Waals surface area contributed by atoms with Gasteiger partial charge < -0.3 is 19.4 Å². The number of oxazole rings is 1. The number of ether oxygens (including phenoxy) is 1. The van der Waals surface area contributed by atoms with Gasteiger partial charge in [-0.3, -0.25) is 9.59 Å². The average molecular weight is 391 g/mol. The third-order valence-corrected chi connectivity index (χ3v) is 4.86. The quantitative estimate of drug-likeness (QED) is 0.737. The van der Waals surface area contributed by atoms with Crippen LogP contribution in [0.2, 0.25) is 0 Å². The monoisotopic (exact) mass is 391 g/mol. The van der Waals surface area contributed by atoms with E-state index >= 15 is 0 Å². The second-order valence-corrected chi connectivity index (χ2v) is 6.78. The van der Waals surface area contributed by atoms with E-state index in [1.807, 2.05) is 31.2 Å². The summed E-state index contributed by atoms with van der Waals surface area (Å²) < 4.78 is 10.8. The summed E-state index contributed by atoms with van der Waals surface area (Å²) in [5.41, 5.74) is 3.18. The molecular weight excluding hydrogens is 370 g/mol. The topological polar surface area (TPSA) is 84.7 Å². The van der Waals surface area contributed by atoms with Crippen molar-refractivity contribution in [2.24, 2.45) is 0 Å². The highest BCUT2D eigenvalue weighted by molar-refractivity contribution is 6.06. The van der Waals surface area contributed by atoms with Crippen LogP contribution in [0.25, 0.3) is 11.3 Å². The van der Waals surface area contributed by atoms with Gasteiger partial charge in [-0.25, -0.2) is 4.98 Å². The van der Waals surface area contributed by atoms with E-state index in [0.717, 1.165) is 11.1 Å². The molecule has 0 radical (unpaired) electrons. The molecule has 0 saturated carbocycles. The molecule has 0 unspecified atom stereocenters. The molecule has 2 amide bonds. The number of rotatable bonds is 4. The number of benzene rings is 2. The summed E-state index contributed by atoms with van der Waals surface area (Å²) in [7, 11) is 0. The van der Waals surface area contributed by atoms with Gasteiger partial charge in [0, 0.05) is 29.9 Å². The lowest BCUT2D eigenvalue weighted by molar-refractivity contribution is 0.0303. The molecule has 1 saturated heterocycles. The lowest BCUT2D eigenvalue weighted by Crippen LogP contribution is -2.40. The molecule has 1 aliphatic heterocycles. The maximum Gasteiger partial charge on any atom is 0.278 e. The summed E-state index contributed by atoms with van der Waals surface area (Å²) in [4.78, 5) is 31.1. The van der Waals surface area contributed by atoms with E-state index < -0.39 is 0 Å². The number of carbonyl (C=O) groups excluding carboxylic acids is 2. The number of amides is 2.